The van der Waals surface area contributed by atoms with Crippen molar-refractivity contribution in [3.63, 3.8) is 0 Å². The third-order valence-electron chi connectivity index (χ3n) is 6.35. The molecule has 3 atom stereocenters. The van der Waals surface area contributed by atoms with Gasteiger partial charge in [0.15, 0.2) is 5.78 Å². The largest absolute Gasteiger partial charge is 0.468 e. The van der Waals surface area contributed by atoms with Crippen LogP contribution in [0.15, 0.2) is 46.8 Å². The summed E-state index contributed by atoms with van der Waals surface area (Å²) in [5.74, 6) is -1.27. The van der Waals surface area contributed by atoms with Crippen molar-refractivity contribution in [2.75, 3.05) is 25.2 Å². The first-order chi connectivity index (χ1) is 15.8. The van der Waals surface area contributed by atoms with E-state index in [9.17, 15) is 14.4 Å². The summed E-state index contributed by atoms with van der Waals surface area (Å²) in [4.78, 5) is 39.4. The molecule has 1 N–H and O–H groups in total. The second-order valence-electron chi connectivity index (χ2n) is 8.46. The second-order valence-corrected chi connectivity index (χ2v) is 9.86. The zero-order valence-corrected chi connectivity index (χ0v) is 20.8. The number of hydrogen-bond donors (Lipinski definition) is 1. The molecule has 0 amide bonds. The van der Waals surface area contributed by atoms with Gasteiger partial charge in [0.2, 0.25) is 0 Å². The van der Waals surface area contributed by atoms with E-state index in [0.29, 0.717) is 35.6 Å². The average Bonchev–Trinajstić information content (AvgIpc) is 2.80. The van der Waals surface area contributed by atoms with Gasteiger partial charge in [0.1, 0.15) is 12.5 Å². The summed E-state index contributed by atoms with van der Waals surface area (Å²) in [6, 6.07) is 7.96. The van der Waals surface area contributed by atoms with E-state index in [1.165, 1.54) is 12.7 Å². The molecular formula is C26H33NO5S. The Morgan fingerprint density at radius 2 is 1.88 bits per heavy atom. The summed E-state index contributed by atoms with van der Waals surface area (Å²) in [5.41, 5.74) is 4.34. The lowest BCUT2D eigenvalue weighted by molar-refractivity contribution is -0.151. The zero-order valence-electron chi connectivity index (χ0n) is 20.0. The fourth-order valence-electron chi connectivity index (χ4n) is 4.65. The van der Waals surface area contributed by atoms with E-state index in [4.69, 9.17) is 9.47 Å². The number of thioether (sulfide) groups is 1. The highest BCUT2D eigenvalue weighted by molar-refractivity contribution is 7.99. The van der Waals surface area contributed by atoms with Gasteiger partial charge in [-0.05, 0) is 42.6 Å². The van der Waals surface area contributed by atoms with Crippen LogP contribution >= 0.6 is 11.8 Å². The van der Waals surface area contributed by atoms with E-state index in [1.807, 2.05) is 38.1 Å². The molecule has 33 heavy (non-hydrogen) atoms. The molecule has 0 saturated heterocycles. The van der Waals surface area contributed by atoms with Crippen LogP contribution in [-0.4, -0.2) is 42.9 Å². The van der Waals surface area contributed by atoms with Crippen molar-refractivity contribution in [2.45, 2.75) is 46.5 Å². The Morgan fingerprint density at radius 3 is 2.48 bits per heavy atom. The first-order valence-electron chi connectivity index (χ1n) is 11.5. The molecule has 1 aliphatic carbocycles. The van der Waals surface area contributed by atoms with Crippen molar-refractivity contribution < 1.29 is 23.9 Å². The van der Waals surface area contributed by atoms with Gasteiger partial charge in [0.05, 0.1) is 12.7 Å². The van der Waals surface area contributed by atoms with Gasteiger partial charge < -0.3 is 14.8 Å². The van der Waals surface area contributed by atoms with Crippen LogP contribution in [0.1, 0.15) is 51.2 Å². The number of ether oxygens (including phenoxy) is 2. The van der Waals surface area contributed by atoms with E-state index < -0.39 is 23.8 Å². The van der Waals surface area contributed by atoms with Gasteiger partial charge in [0, 0.05) is 28.6 Å². The summed E-state index contributed by atoms with van der Waals surface area (Å²) >= 11 is 1.70. The number of carbonyl (C=O) groups excluding carboxylic acids is 3. The molecule has 1 aromatic rings. The van der Waals surface area contributed by atoms with Gasteiger partial charge in [0.25, 0.3) is 0 Å². The number of aryl methyl sites for hydroxylation is 1. The van der Waals surface area contributed by atoms with E-state index >= 15 is 0 Å². The number of methoxy groups -OCH3 is 1. The lowest BCUT2D eigenvalue weighted by atomic mass is 9.69. The second kappa shape index (κ2) is 11.1. The molecule has 6 nitrogen and oxygen atoms in total. The van der Waals surface area contributed by atoms with Gasteiger partial charge in [-0.1, -0.05) is 45.0 Å². The van der Waals surface area contributed by atoms with Crippen LogP contribution in [0.4, 0.5) is 0 Å². The highest BCUT2D eigenvalue weighted by Crippen LogP contribution is 2.45. The Hall–Kier alpha value is -2.54. The molecule has 0 saturated carbocycles. The molecule has 7 heteroatoms. The fraction of sp³-hybridized carbons (Fsp3) is 0.500. The Morgan fingerprint density at radius 1 is 1.18 bits per heavy atom. The van der Waals surface area contributed by atoms with Crippen LogP contribution in [0.25, 0.3) is 0 Å². The van der Waals surface area contributed by atoms with Crippen molar-refractivity contribution in [3.05, 3.63) is 57.9 Å². The molecule has 0 bridgehead atoms. The van der Waals surface area contributed by atoms with Crippen molar-refractivity contribution >= 4 is 29.5 Å². The SMILES string of the molecule is CCSCCOC(=O)C1=C(C)NC2=C(C(=O)[C@H](C(=O)OC)[C@H](C)C2)[C@H]1c1ccc(CC)cc1. The summed E-state index contributed by atoms with van der Waals surface area (Å²) in [6.07, 6.45) is 1.41. The number of benzene rings is 1. The molecule has 3 rings (SSSR count). The molecule has 0 spiro atoms. The Balaban J connectivity index is 2.06. The number of carbonyl (C=O) groups is 3. The normalized spacial score (nSPS) is 22.6. The quantitative estimate of drug-likeness (QED) is 0.346. The number of ketones is 1. The highest BCUT2D eigenvalue weighted by Gasteiger charge is 2.47. The van der Waals surface area contributed by atoms with E-state index in [1.54, 1.807) is 11.8 Å². The molecule has 2 aliphatic rings. The molecule has 0 fully saturated rings. The van der Waals surface area contributed by atoms with Crippen LogP contribution < -0.4 is 5.32 Å². The molecule has 0 aromatic heterocycles. The summed E-state index contributed by atoms with van der Waals surface area (Å²) in [5, 5.41) is 3.29. The Labute approximate surface area is 200 Å². The third kappa shape index (κ3) is 5.18. The number of allylic oxidation sites excluding steroid dienone is 3. The maximum atomic E-state index is 13.7. The van der Waals surface area contributed by atoms with Crippen LogP contribution in [0.3, 0.4) is 0 Å². The number of hydrogen-bond acceptors (Lipinski definition) is 7. The van der Waals surface area contributed by atoms with Crippen LogP contribution in [0, 0.1) is 11.8 Å². The maximum absolute atomic E-state index is 13.7. The lowest BCUT2D eigenvalue weighted by Gasteiger charge is -2.38. The van der Waals surface area contributed by atoms with Gasteiger partial charge in [-0.15, -0.1) is 0 Å². The molecule has 0 unspecified atom stereocenters. The molecular weight excluding hydrogens is 438 g/mol. The fourth-order valence-corrected chi connectivity index (χ4v) is 5.14. The van der Waals surface area contributed by atoms with Crippen molar-refractivity contribution in [1.29, 1.82) is 0 Å². The summed E-state index contributed by atoms with van der Waals surface area (Å²) < 4.78 is 10.5. The van der Waals surface area contributed by atoms with Crippen molar-refractivity contribution in [1.82, 2.24) is 5.32 Å². The van der Waals surface area contributed by atoms with E-state index in [2.05, 4.69) is 19.2 Å². The van der Waals surface area contributed by atoms with Gasteiger partial charge in [-0.2, -0.15) is 11.8 Å². The number of rotatable bonds is 8. The Kier molecular flexibility index (Phi) is 8.40. The molecule has 0 radical (unpaired) electrons. The van der Waals surface area contributed by atoms with Gasteiger partial charge >= 0.3 is 11.9 Å². The predicted molar refractivity (Wildman–Crippen MR) is 130 cm³/mol. The zero-order chi connectivity index (χ0) is 24.1. The smallest absolute Gasteiger partial charge is 0.336 e. The average molecular weight is 472 g/mol. The lowest BCUT2D eigenvalue weighted by Crippen LogP contribution is -2.43. The maximum Gasteiger partial charge on any atom is 0.336 e. The van der Waals surface area contributed by atoms with Crippen molar-refractivity contribution in [3.8, 4) is 0 Å². The Bertz CT molecular complexity index is 979. The van der Waals surface area contributed by atoms with Crippen LogP contribution in [0.5, 0.6) is 0 Å². The topological polar surface area (TPSA) is 81.7 Å². The number of Topliss-reactive ketones (excluding diaryl/α,β-unsaturated/α-hetero) is 1. The minimum Gasteiger partial charge on any atom is -0.468 e. The van der Waals surface area contributed by atoms with E-state index in [0.717, 1.165) is 23.4 Å². The monoisotopic (exact) mass is 471 g/mol. The van der Waals surface area contributed by atoms with Crippen LogP contribution in [-0.2, 0) is 30.3 Å². The van der Waals surface area contributed by atoms with Crippen molar-refractivity contribution in [2.24, 2.45) is 11.8 Å². The van der Waals surface area contributed by atoms with Gasteiger partial charge in [-0.25, -0.2) is 4.79 Å². The molecule has 1 aromatic carbocycles. The first-order valence-corrected chi connectivity index (χ1v) is 12.7. The summed E-state index contributed by atoms with van der Waals surface area (Å²) in [7, 11) is 1.30. The minimum absolute atomic E-state index is 0.202. The standard InChI is InChI=1S/C26H33NO5S/c1-6-17-8-10-18(11-9-17)22-21(26(30)32-12-13-33-7-2)16(4)27-19-14-15(3)20(25(29)31-5)24(28)23(19)22/h8-11,15,20,22,27H,6-7,12-14H2,1-5H3/t15-,20-,22+/m1/s1. The van der Waals surface area contributed by atoms with Gasteiger partial charge in [-0.3, -0.25) is 9.59 Å². The number of nitrogens with one attached hydrogen (secondary N) is 1. The van der Waals surface area contributed by atoms with E-state index in [-0.39, 0.29) is 11.7 Å². The molecule has 178 valence electrons. The number of dihydropyridines is 1. The summed E-state index contributed by atoms with van der Waals surface area (Å²) in [6.45, 7) is 8.16. The predicted octanol–water partition coefficient (Wildman–Crippen LogP) is 4.16. The highest BCUT2D eigenvalue weighted by atomic mass is 32.2. The first kappa shape index (κ1) is 25.1. The third-order valence-corrected chi connectivity index (χ3v) is 7.21. The minimum atomic E-state index is -0.885. The number of esters is 2. The molecule has 1 heterocycles. The molecule has 1 aliphatic heterocycles. The van der Waals surface area contributed by atoms with Crippen LogP contribution in [0.2, 0.25) is 0 Å².